The average Bonchev–Trinajstić information content (AvgIpc) is 3.08. The van der Waals surface area contributed by atoms with Crippen molar-refractivity contribution in [3.8, 4) is 5.82 Å². The molecule has 4 rings (SSSR count). The number of rotatable bonds is 4. The van der Waals surface area contributed by atoms with Crippen LogP contribution in [0.2, 0.25) is 5.02 Å². The lowest BCUT2D eigenvalue weighted by Gasteiger charge is -2.32. The van der Waals surface area contributed by atoms with E-state index in [9.17, 15) is 4.79 Å². The minimum absolute atomic E-state index is 0.0185. The molecule has 0 aliphatic carbocycles. The zero-order valence-corrected chi connectivity index (χ0v) is 17.2. The molecule has 3 heterocycles. The number of anilines is 2. The molecule has 1 fully saturated rings. The Balaban J connectivity index is 1.45. The van der Waals surface area contributed by atoms with Crippen LogP contribution in [-0.4, -0.2) is 39.0 Å². The summed E-state index contributed by atoms with van der Waals surface area (Å²) in [6.45, 7) is 5.39. The van der Waals surface area contributed by atoms with Gasteiger partial charge in [-0.25, -0.2) is 4.68 Å². The first kappa shape index (κ1) is 19.4. The van der Waals surface area contributed by atoms with Gasteiger partial charge in [-0.2, -0.15) is 5.10 Å². The van der Waals surface area contributed by atoms with Gasteiger partial charge in [-0.3, -0.25) is 4.79 Å². The molecule has 29 heavy (non-hydrogen) atoms. The SMILES string of the molecule is Cc1cc(C)n(-c2ccc(N3CCCC(C(=O)Nc4ccccc4Cl)C3)nn2)n1. The van der Waals surface area contributed by atoms with E-state index in [1.807, 2.05) is 50.2 Å². The molecular weight excluding hydrogens is 388 g/mol. The maximum absolute atomic E-state index is 12.7. The van der Waals surface area contributed by atoms with E-state index in [2.05, 4.69) is 25.5 Å². The number of para-hydroxylation sites is 1. The van der Waals surface area contributed by atoms with E-state index in [-0.39, 0.29) is 11.8 Å². The van der Waals surface area contributed by atoms with E-state index in [1.165, 1.54) is 0 Å². The Morgan fingerprint density at radius 2 is 1.90 bits per heavy atom. The topological polar surface area (TPSA) is 75.9 Å². The van der Waals surface area contributed by atoms with Gasteiger partial charge < -0.3 is 10.2 Å². The number of hydrogen-bond acceptors (Lipinski definition) is 5. The van der Waals surface area contributed by atoms with Crippen molar-refractivity contribution >= 4 is 29.0 Å². The first-order valence-electron chi connectivity index (χ1n) is 9.69. The van der Waals surface area contributed by atoms with Crippen LogP contribution in [0.1, 0.15) is 24.2 Å². The van der Waals surface area contributed by atoms with Gasteiger partial charge in [-0.1, -0.05) is 23.7 Å². The van der Waals surface area contributed by atoms with E-state index in [4.69, 9.17) is 11.6 Å². The molecule has 1 aromatic carbocycles. The van der Waals surface area contributed by atoms with Crippen LogP contribution < -0.4 is 10.2 Å². The molecular formula is C21H23ClN6O. The highest BCUT2D eigenvalue weighted by Crippen LogP contribution is 2.25. The van der Waals surface area contributed by atoms with Crippen molar-refractivity contribution in [1.82, 2.24) is 20.0 Å². The van der Waals surface area contributed by atoms with Crippen LogP contribution >= 0.6 is 11.6 Å². The van der Waals surface area contributed by atoms with Gasteiger partial charge in [0.25, 0.3) is 0 Å². The number of nitrogens with zero attached hydrogens (tertiary/aromatic N) is 5. The zero-order chi connectivity index (χ0) is 20.4. The third-order valence-corrected chi connectivity index (χ3v) is 5.44. The second-order valence-corrected chi connectivity index (χ2v) is 7.75. The van der Waals surface area contributed by atoms with Gasteiger partial charge in [0, 0.05) is 18.8 Å². The molecule has 1 amide bonds. The Hall–Kier alpha value is -2.93. The molecule has 1 aliphatic rings. The molecule has 7 nitrogen and oxygen atoms in total. The van der Waals surface area contributed by atoms with Crippen LogP contribution in [0.4, 0.5) is 11.5 Å². The number of carbonyl (C=O) groups is 1. The molecule has 3 aromatic rings. The fraction of sp³-hybridized carbons (Fsp3) is 0.333. The van der Waals surface area contributed by atoms with E-state index in [0.29, 0.717) is 23.1 Å². The molecule has 1 atom stereocenters. The number of aryl methyl sites for hydroxylation is 2. The Kier molecular flexibility index (Phi) is 5.49. The molecule has 1 unspecified atom stereocenters. The maximum Gasteiger partial charge on any atom is 0.229 e. The van der Waals surface area contributed by atoms with Crippen molar-refractivity contribution in [3.05, 3.63) is 58.9 Å². The van der Waals surface area contributed by atoms with Crippen LogP contribution in [0.5, 0.6) is 0 Å². The van der Waals surface area contributed by atoms with Crippen LogP contribution in [0.3, 0.4) is 0 Å². The monoisotopic (exact) mass is 410 g/mol. The molecule has 0 radical (unpaired) electrons. The van der Waals surface area contributed by atoms with E-state index in [0.717, 1.165) is 36.6 Å². The van der Waals surface area contributed by atoms with E-state index >= 15 is 0 Å². The largest absolute Gasteiger partial charge is 0.354 e. The second kappa shape index (κ2) is 8.21. The summed E-state index contributed by atoms with van der Waals surface area (Å²) >= 11 is 6.16. The summed E-state index contributed by atoms with van der Waals surface area (Å²) in [6.07, 6.45) is 1.76. The summed E-state index contributed by atoms with van der Waals surface area (Å²) in [5.74, 6) is 1.31. The lowest BCUT2D eigenvalue weighted by molar-refractivity contribution is -0.120. The molecule has 0 bridgehead atoms. The van der Waals surface area contributed by atoms with Crippen molar-refractivity contribution in [2.24, 2.45) is 5.92 Å². The standard InChI is InChI=1S/C21H23ClN6O/c1-14-12-15(2)28(26-14)20-10-9-19(24-25-20)27-11-5-6-16(13-27)21(29)23-18-8-4-3-7-17(18)22/h3-4,7-10,12,16H,5-6,11,13H2,1-2H3,(H,23,29). The summed E-state index contributed by atoms with van der Waals surface area (Å²) in [5.41, 5.74) is 2.60. The van der Waals surface area contributed by atoms with Crippen molar-refractivity contribution in [1.29, 1.82) is 0 Å². The normalized spacial score (nSPS) is 16.7. The quantitative estimate of drug-likeness (QED) is 0.708. The van der Waals surface area contributed by atoms with Crippen molar-refractivity contribution < 1.29 is 4.79 Å². The fourth-order valence-corrected chi connectivity index (χ4v) is 3.84. The number of benzene rings is 1. The molecule has 0 saturated carbocycles. The number of halogens is 1. The molecule has 1 N–H and O–H groups in total. The van der Waals surface area contributed by atoms with Crippen molar-refractivity contribution in [2.75, 3.05) is 23.3 Å². The Bertz CT molecular complexity index is 1020. The number of piperidine rings is 1. The summed E-state index contributed by atoms with van der Waals surface area (Å²) in [5, 5.41) is 16.7. The molecule has 150 valence electrons. The van der Waals surface area contributed by atoms with Gasteiger partial charge >= 0.3 is 0 Å². The molecule has 2 aromatic heterocycles. The highest BCUT2D eigenvalue weighted by Gasteiger charge is 2.27. The van der Waals surface area contributed by atoms with Gasteiger partial charge in [0.15, 0.2) is 11.6 Å². The van der Waals surface area contributed by atoms with Gasteiger partial charge in [-0.05, 0) is 57.0 Å². The number of hydrogen-bond donors (Lipinski definition) is 1. The number of nitrogens with one attached hydrogen (secondary N) is 1. The predicted molar refractivity (Wildman–Crippen MR) is 114 cm³/mol. The fourth-order valence-electron chi connectivity index (χ4n) is 3.66. The van der Waals surface area contributed by atoms with Gasteiger partial charge in [0.1, 0.15) is 0 Å². The first-order valence-corrected chi connectivity index (χ1v) is 10.1. The minimum Gasteiger partial charge on any atom is -0.354 e. The highest BCUT2D eigenvalue weighted by molar-refractivity contribution is 6.33. The molecule has 0 spiro atoms. The minimum atomic E-state index is -0.127. The maximum atomic E-state index is 12.7. The van der Waals surface area contributed by atoms with Gasteiger partial charge in [0.2, 0.25) is 5.91 Å². The summed E-state index contributed by atoms with van der Waals surface area (Å²) in [4.78, 5) is 14.8. The smallest absolute Gasteiger partial charge is 0.229 e. The van der Waals surface area contributed by atoms with Crippen molar-refractivity contribution in [3.63, 3.8) is 0 Å². The second-order valence-electron chi connectivity index (χ2n) is 7.34. The number of amides is 1. The Morgan fingerprint density at radius 1 is 1.14 bits per heavy atom. The van der Waals surface area contributed by atoms with Crippen molar-refractivity contribution in [2.45, 2.75) is 26.7 Å². The molecule has 1 saturated heterocycles. The first-order chi connectivity index (χ1) is 14.0. The van der Waals surface area contributed by atoms with E-state index in [1.54, 1.807) is 10.7 Å². The number of aromatic nitrogens is 4. The lowest BCUT2D eigenvalue weighted by atomic mass is 9.97. The zero-order valence-electron chi connectivity index (χ0n) is 16.5. The average molecular weight is 411 g/mol. The van der Waals surface area contributed by atoms with Crippen LogP contribution in [-0.2, 0) is 4.79 Å². The van der Waals surface area contributed by atoms with Crippen LogP contribution in [0.15, 0.2) is 42.5 Å². The summed E-state index contributed by atoms with van der Waals surface area (Å²) in [6, 6.07) is 13.1. The summed E-state index contributed by atoms with van der Waals surface area (Å²) < 4.78 is 1.78. The van der Waals surface area contributed by atoms with Crippen LogP contribution in [0.25, 0.3) is 5.82 Å². The third-order valence-electron chi connectivity index (χ3n) is 5.11. The highest BCUT2D eigenvalue weighted by atomic mass is 35.5. The Labute approximate surface area is 174 Å². The van der Waals surface area contributed by atoms with Gasteiger partial charge in [0.05, 0.1) is 22.3 Å². The molecule has 1 aliphatic heterocycles. The molecule has 8 heteroatoms. The lowest BCUT2D eigenvalue weighted by Crippen LogP contribution is -2.41. The number of carbonyl (C=O) groups excluding carboxylic acids is 1. The predicted octanol–water partition coefficient (Wildman–Crippen LogP) is 3.79. The van der Waals surface area contributed by atoms with E-state index < -0.39 is 0 Å². The Morgan fingerprint density at radius 3 is 2.59 bits per heavy atom. The van der Waals surface area contributed by atoms with Gasteiger partial charge in [-0.15, -0.1) is 10.2 Å². The summed E-state index contributed by atoms with van der Waals surface area (Å²) in [7, 11) is 0. The third kappa shape index (κ3) is 4.24. The van der Waals surface area contributed by atoms with Crippen LogP contribution in [0, 0.1) is 19.8 Å².